The van der Waals surface area contributed by atoms with Crippen LogP contribution in [0.5, 0.6) is 0 Å². The van der Waals surface area contributed by atoms with Crippen molar-refractivity contribution in [1.29, 1.82) is 0 Å². The summed E-state index contributed by atoms with van der Waals surface area (Å²) in [6.07, 6.45) is 4.85. The molecule has 0 unspecified atom stereocenters. The van der Waals surface area contributed by atoms with Gasteiger partial charge in [0.15, 0.2) is 5.13 Å². The first-order valence-corrected chi connectivity index (χ1v) is 8.80. The average Bonchev–Trinajstić information content (AvgIpc) is 3.02. The van der Waals surface area contributed by atoms with Crippen LogP contribution in [-0.2, 0) is 0 Å². The molecule has 3 aromatic rings. The quantitative estimate of drug-likeness (QED) is 0.649. The second-order valence-electron chi connectivity index (χ2n) is 5.35. The number of rotatable bonds is 5. The Bertz CT molecular complexity index is 814. The Morgan fingerprint density at radius 2 is 1.96 bits per heavy atom. The third-order valence-corrected chi connectivity index (χ3v) is 4.77. The largest absolute Gasteiger partial charge is 0.362 e. The van der Waals surface area contributed by atoms with Gasteiger partial charge in [0.25, 0.3) is 0 Å². The summed E-state index contributed by atoms with van der Waals surface area (Å²) in [7, 11) is 0. The van der Waals surface area contributed by atoms with Crippen molar-refractivity contribution in [2.24, 2.45) is 0 Å². The van der Waals surface area contributed by atoms with E-state index in [1.807, 2.05) is 43.6 Å². The van der Waals surface area contributed by atoms with Crippen molar-refractivity contribution in [2.45, 2.75) is 20.3 Å². The highest BCUT2D eigenvalue weighted by Gasteiger charge is 2.14. The molecule has 0 fully saturated rings. The molecule has 0 radical (unpaired) electrons. The van der Waals surface area contributed by atoms with E-state index in [0.717, 1.165) is 45.4 Å². The lowest BCUT2D eigenvalue weighted by atomic mass is 10.0. The van der Waals surface area contributed by atoms with Gasteiger partial charge in [0.2, 0.25) is 0 Å². The molecule has 1 aromatic carbocycles. The molecule has 0 atom stereocenters. The Hall–Kier alpha value is -1.91. The van der Waals surface area contributed by atoms with Gasteiger partial charge < -0.3 is 5.32 Å². The predicted octanol–water partition coefficient (Wildman–Crippen LogP) is 5.66. The van der Waals surface area contributed by atoms with Gasteiger partial charge in [0.05, 0.1) is 10.6 Å². The minimum absolute atomic E-state index is 0.707. The van der Waals surface area contributed by atoms with Gasteiger partial charge in [-0.15, -0.1) is 0 Å². The number of aryl methyl sites for hydroxylation is 1. The molecule has 2 heterocycles. The molecule has 0 spiro atoms. The summed E-state index contributed by atoms with van der Waals surface area (Å²) in [4.78, 5) is 10.2. The van der Waals surface area contributed by atoms with Gasteiger partial charge in [0.1, 0.15) is 0 Å². The maximum absolute atomic E-state index is 6.37. The van der Waals surface area contributed by atoms with Crippen LogP contribution in [0.15, 0.2) is 42.7 Å². The summed E-state index contributed by atoms with van der Waals surface area (Å²) in [5.41, 5.74) is 4.03. The van der Waals surface area contributed by atoms with E-state index in [0.29, 0.717) is 5.02 Å². The Morgan fingerprint density at radius 3 is 2.74 bits per heavy atom. The molecule has 0 aliphatic carbocycles. The van der Waals surface area contributed by atoms with Gasteiger partial charge in [0, 0.05) is 35.1 Å². The van der Waals surface area contributed by atoms with E-state index < -0.39 is 0 Å². The molecule has 118 valence electrons. The highest BCUT2D eigenvalue weighted by Crippen LogP contribution is 2.38. The zero-order chi connectivity index (χ0) is 16.2. The zero-order valence-corrected chi connectivity index (χ0v) is 14.7. The number of aromatic nitrogens is 2. The fourth-order valence-corrected chi connectivity index (χ4v) is 3.42. The van der Waals surface area contributed by atoms with Crippen LogP contribution in [-0.4, -0.2) is 16.5 Å². The van der Waals surface area contributed by atoms with Crippen molar-refractivity contribution in [1.82, 2.24) is 9.97 Å². The maximum atomic E-state index is 6.37. The number of pyridine rings is 1. The lowest BCUT2D eigenvalue weighted by molar-refractivity contribution is 0.976. The van der Waals surface area contributed by atoms with Crippen molar-refractivity contribution in [3.63, 3.8) is 0 Å². The Balaban J connectivity index is 2.07. The van der Waals surface area contributed by atoms with E-state index in [4.69, 9.17) is 11.6 Å². The highest BCUT2D eigenvalue weighted by atomic mass is 35.5. The molecule has 3 rings (SSSR count). The van der Waals surface area contributed by atoms with Crippen LogP contribution in [0.4, 0.5) is 5.13 Å². The first kappa shape index (κ1) is 16.0. The number of nitrogens with one attached hydrogen (secondary N) is 1. The van der Waals surface area contributed by atoms with E-state index in [2.05, 4.69) is 28.3 Å². The number of nitrogens with zero attached hydrogens (tertiary/aromatic N) is 2. The summed E-state index contributed by atoms with van der Waals surface area (Å²) in [5.74, 6) is 0. The topological polar surface area (TPSA) is 37.8 Å². The molecule has 2 aromatic heterocycles. The van der Waals surface area contributed by atoms with Gasteiger partial charge in [-0.2, -0.15) is 0 Å². The molecular weight excluding hydrogens is 326 g/mol. The van der Waals surface area contributed by atoms with Crippen molar-refractivity contribution < 1.29 is 0 Å². The minimum atomic E-state index is 0.707. The number of thiazole rings is 1. The lowest BCUT2D eigenvalue weighted by Gasteiger charge is -2.09. The number of hydrogen-bond acceptors (Lipinski definition) is 4. The normalized spacial score (nSPS) is 10.7. The highest BCUT2D eigenvalue weighted by molar-refractivity contribution is 7.18. The van der Waals surface area contributed by atoms with Crippen LogP contribution in [0, 0.1) is 6.92 Å². The molecule has 3 nitrogen and oxygen atoms in total. The summed E-state index contributed by atoms with van der Waals surface area (Å²) in [5, 5.41) is 4.98. The van der Waals surface area contributed by atoms with Gasteiger partial charge in [-0.1, -0.05) is 48.1 Å². The van der Waals surface area contributed by atoms with Crippen LogP contribution in [0.25, 0.3) is 21.7 Å². The number of benzene rings is 1. The summed E-state index contributed by atoms with van der Waals surface area (Å²) >= 11 is 8.01. The van der Waals surface area contributed by atoms with E-state index >= 15 is 0 Å². The number of halogens is 1. The van der Waals surface area contributed by atoms with Crippen LogP contribution >= 0.6 is 22.9 Å². The molecule has 1 N–H and O–H groups in total. The number of anilines is 1. The SMILES string of the molecule is CCCNc1ncc(-c2cc(C)cnc2-c2ccccc2Cl)s1. The van der Waals surface area contributed by atoms with Crippen LogP contribution in [0.2, 0.25) is 5.02 Å². The molecule has 23 heavy (non-hydrogen) atoms. The first-order chi connectivity index (χ1) is 11.2. The van der Waals surface area contributed by atoms with Crippen molar-refractivity contribution in [2.75, 3.05) is 11.9 Å². The third kappa shape index (κ3) is 3.54. The van der Waals surface area contributed by atoms with Crippen molar-refractivity contribution in [3.05, 3.63) is 53.3 Å². The average molecular weight is 344 g/mol. The lowest BCUT2D eigenvalue weighted by Crippen LogP contribution is -1.97. The smallest absolute Gasteiger partial charge is 0.183 e. The van der Waals surface area contributed by atoms with Crippen LogP contribution in [0.1, 0.15) is 18.9 Å². The van der Waals surface area contributed by atoms with Crippen molar-refractivity contribution >= 4 is 28.1 Å². The van der Waals surface area contributed by atoms with E-state index in [9.17, 15) is 0 Å². The molecule has 0 aliphatic heterocycles. The molecule has 0 aliphatic rings. The molecule has 5 heteroatoms. The third-order valence-electron chi connectivity index (χ3n) is 3.45. The molecule has 0 saturated carbocycles. The summed E-state index contributed by atoms with van der Waals surface area (Å²) in [6.45, 7) is 5.11. The van der Waals surface area contributed by atoms with Gasteiger partial charge in [-0.05, 0) is 31.0 Å². The predicted molar refractivity (Wildman–Crippen MR) is 99.3 cm³/mol. The van der Waals surface area contributed by atoms with Crippen molar-refractivity contribution in [3.8, 4) is 21.7 Å². The number of hydrogen-bond donors (Lipinski definition) is 1. The maximum Gasteiger partial charge on any atom is 0.183 e. The zero-order valence-electron chi connectivity index (χ0n) is 13.1. The molecule has 0 amide bonds. The van der Waals surface area contributed by atoms with Crippen LogP contribution in [0.3, 0.4) is 0 Å². The fraction of sp³-hybridized carbons (Fsp3) is 0.222. The van der Waals surface area contributed by atoms with Gasteiger partial charge in [-0.3, -0.25) is 4.98 Å². The molecule has 0 saturated heterocycles. The Morgan fingerprint density at radius 1 is 1.13 bits per heavy atom. The Labute approximate surface area is 145 Å². The summed E-state index contributed by atoms with van der Waals surface area (Å²) < 4.78 is 0. The first-order valence-electron chi connectivity index (χ1n) is 7.60. The summed E-state index contributed by atoms with van der Waals surface area (Å²) in [6, 6.07) is 9.94. The molecule has 0 bridgehead atoms. The fourth-order valence-electron chi connectivity index (χ4n) is 2.34. The minimum Gasteiger partial charge on any atom is -0.362 e. The second kappa shape index (κ2) is 7.11. The second-order valence-corrected chi connectivity index (χ2v) is 6.78. The molecular formula is C18H18ClN3S. The van der Waals surface area contributed by atoms with Gasteiger partial charge in [-0.25, -0.2) is 4.98 Å². The standard InChI is InChI=1S/C18H18ClN3S/c1-3-8-20-18-22-11-16(23-18)14-9-12(2)10-21-17(14)13-6-4-5-7-15(13)19/h4-7,9-11H,3,8H2,1-2H3,(H,20,22). The van der Waals surface area contributed by atoms with E-state index in [1.54, 1.807) is 11.3 Å². The monoisotopic (exact) mass is 343 g/mol. The Kier molecular flexibility index (Phi) is 4.94. The van der Waals surface area contributed by atoms with E-state index in [-0.39, 0.29) is 0 Å². The van der Waals surface area contributed by atoms with E-state index in [1.165, 1.54) is 0 Å². The van der Waals surface area contributed by atoms with Gasteiger partial charge >= 0.3 is 0 Å². The van der Waals surface area contributed by atoms with Crippen LogP contribution < -0.4 is 5.32 Å².